The minimum atomic E-state index is -4.59. The number of carbonyl (C=O) groups excluding carboxylic acids is 2. The third-order valence-corrected chi connectivity index (χ3v) is 5.69. The topological polar surface area (TPSA) is 102 Å². The lowest BCUT2D eigenvalue weighted by molar-refractivity contribution is -0.137. The van der Waals surface area contributed by atoms with Crippen molar-refractivity contribution >= 4 is 29.3 Å². The number of amides is 2. The van der Waals surface area contributed by atoms with Gasteiger partial charge in [0.05, 0.1) is 35.5 Å². The van der Waals surface area contributed by atoms with Crippen LogP contribution in [0.5, 0.6) is 0 Å². The molecule has 2 aromatic heterocycles. The SMILES string of the molecule is O=C(CSc1nnc(CNC(=O)c2ccco2)n1-c1cccc(C(F)(F)F)c1)Nc1ccccc1F. The predicted octanol–water partition coefficient (Wildman–Crippen LogP) is 4.68. The Morgan fingerprint density at radius 2 is 1.83 bits per heavy atom. The van der Waals surface area contributed by atoms with Gasteiger partial charge in [0, 0.05) is 0 Å². The summed E-state index contributed by atoms with van der Waals surface area (Å²) < 4.78 is 60.1. The quantitative estimate of drug-likeness (QED) is 0.259. The van der Waals surface area contributed by atoms with Gasteiger partial charge < -0.3 is 15.1 Å². The number of hydrogen-bond donors (Lipinski definition) is 2. The summed E-state index contributed by atoms with van der Waals surface area (Å²) in [7, 11) is 0. The fraction of sp³-hybridized carbons (Fsp3) is 0.130. The molecule has 13 heteroatoms. The number of thioether (sulfide) groups is 1. The summed E-state index contributed by atoms with van der Waals surface area (Å²) in [6.45, 7) is -0.190. The van der Waals surface area contributed by atoms with Crippen LogP contribution in [0.2, 0.25) is 0 Å². The first-order valence-corrected chi connectivity index (χ1v) is 11.3. The summed E-state index contributed by atoms with van der Waals surface area (Å²) in [4.78, 5) is 24.6. The van der Waals surface area contributed by atoms with Crippen molar-refractivity contribution in [2.45, 2.75) is 17.9 Å². The van der Waals surface area contributed by atoms with Crippen LogP contribution in [0.4, 0.5) is 23.2 Å². The van der Waals surface area contributed by atoms with Crippen molar-refractivity contribution in [2.75, 3.05) is 11.1 Å². The van der Waals surface area contributed by atoms with Crippen molar-refractivity contribution in [3.8, 4) is 5.69 Å². The van der Waals surface area contributed by atoms with Crippen LogP contribution >= 0.6 is 11.8 Å². The highest BCUT2D eigenvalue weighted by molar-refractivity contribution is 7.99. The summed E-state index contributed by atoms with van der Waals surface area (Å²) in [6.07, 6.45) is -3.27. The molecule has 2 aromatic carbocycles. The van der Waals surface area contributed by atoms with Gasteiger partial charge in [-0.05, 0) is 42.5 Å². The molecule has 0 spiro atoms. The fourth-order valence-corrected chi connectivity index (χ4v) is 3.89. The average Bonchev–Trinajstić information content (AvgIpc) is 3.53. The molecule has 0 aliphatic rings. The van der Waals surface area contributed by atoms with Gasteiger partial charge in [0.25, 0.3) is 5.91 Å². The molecule has 0 atom stereocenters. The van der Waals surface area contributed by atoms with Crippen molar-refractivity contribution in [3.05, 3.63) is 89.9 Å². The minimum Gasteiger partial charge on any atom is -0.459 e. The molecule has 0 aliphatic heterocycles. The summed E-state index contributed by atoms with van der Waals surface area (Å²) in [6, 6.07) is 13.1. The van der Waals surface area contributed by atoms with Crippen molar-refractivity contribution in [1.29, 1.82) is 0 Å². The van der Waals surface area contributed by atoms with Crippen LogP contribution in [0.3, 0.4) is 0 Å². The van der Waals surface area contributed by atoms with Crippen molar-refractivity contribution in [1.82, 2.24) is 20.1 Å². The number of benzene rings is 2. The highest BCUT2D eigenvalue weighted by Crippen LogP contribution is 2.31. The molecule has 0 unspecified atom stereocenters. The van der Waals surface area contributed by atoms with Crippen LogP contribution in [0.1, 0.15) is 21.9 Å². The number of furan rings is 1. The molecule has 0 bridgehead atoms. The molecule has 36 heavy (non-hydrogen) atoms. The Bertz CT molecular complexity index is 1370. The molecule has 4 aromatic rings. The number of nitrogens with one attached hydrogen (secondary N) is 2. The highest BCUT2D eigenvalue weighted by Gasteiger charge is 2.31. The lowest BCUT2D eigenvalue weighted by Gasteiger charge is -2.13. The molecule has 186 valence electrons. The van der Waals surface area contributed by atoms with E-state index in [1.165, 1.54) is 53.3 Å². The molecule has 0 fully saturated rings. The van der Waals surface area contributed by atoms with Crippen LogP contribution in [0.15, 0.2) is 76.5 Å². The maximum atomic E-state index is 13.8. The van der Waals surface area contributed by atoms with E-state index >= 15 is 0 Å². The van der Waals surface area contributed by atoms with Crippen molar-refractivity contribution in [3.63, 3.8) is 0 Å². The lowest BCUT2D eigenvalue weighted by atomic mass is 10.2. The molecule has 2 N–H and O–H groups in total. The van der Waals surface area contributed by atoms with Crippen molar-refractivity contribution in [2.24, 2.45) is 0 Å². The number of anilines is 1. The minimum absolute atomic E-state index is 0.0104. The van der Waals surface area contributed by atoms with Crippen LogP contribution < -0.4 is 10.6 Å². The molecule has 4 rings (SSSR count). The van der Waals surface area contributed by atoms with Gasteiger partial charge in [-0.3, -0.25) is 14.2 Å². The Hall–Kier alpha value is -4.13. The first-order chi connectivity index (χ1) is 17.2. The van der Waals surface area contributed by atoms with E-state index in [9.17, 15) is 27.2 Å². The van der Waals surface area contributed by atoms with E-state index in [-0.39, 0.29) is 40.4 Å². The van der Waals surface area contributed by atoms with Gasteiger partial charge in [-0.2, -0.15) is 13.2 Å². The van der Waals surface area contributed by atoms with Crippen LogP contribution in [-0.2, 0) is 17.5 Å². The van der Waals surface area contributed by atoms with Gasteiger partial charge in [0.2, 0.25) is 5.91 Å². The second kappa shape index (κ2) is 10.6. The third kappa shape index (κ3) is 5.92. The molecular formula is C23H17F4N5O3S. The first kappa shape index (κ1) is 25.0. The van der Waals surface area contributed by atoms with E-state index in [1.54, 1.807) is 6.07 Å². The summed E-state index contributed by atoms with van der Waals surface area (Å²) in [5, 5.41) is 13.1. The average molecular weight is 519 g/mol. The molecule has 2 amide bonds. The Balaban J connectivity index is 1.57. The Morgan fingerprint density at radius 3 is 2.56 bits per heavy atom. The maximum Gasteiger partial charge on any atom is 0.416 e. The predicted molar refractivity (Wildman–Crippen MR) is 122 cm³/mol. The molecule has 2 heterocycles. The van der Waals surface area contributed by atoms with Gasteiger partial charge in [-0.15, -0.1) is 10.2 Å². The Morgan fingerprint density at radius 1 is 1.03 bits per heavy atom. The second-order valence-electron chi connectivity index (χ2n) is 7.26. The molecule has 0 saturated heterocycles. The lowest BCUT2D eigenvalue weighted by Crippen LogP contribution is -2.24. The smallest absolute Gasteiger partial charge is 0.416 e. The zero-order valence-corrected chi connectivity index (χ0v) is 19.1. The number of rotatable bonds is 8. The second-order valence-corrected chi connectivity index (χ2v) is 8.20. The number of halogens is 4. The van der Waals surface area contributed by atoms with Gasteiger partial charge in [0.15, 0.2) is 16.7 Å². The maximum absolute atomic E-state index is 13.8. The normalized spacial score (nSPS) is 11.3. The van der Waals surface area contributed by atoms with E-state index in [2.05, 4.69) is 20.8 Å². The monoisotopic (exact) mass is 519 g/mol. The van der Waals surface area contributed by atoms with Crippen LogP contribution in [0, 0.1) is 5.82 Å². The van der Waals surface area contributed by atoms with E-state index < -0.39 is 29.4 Å². The van der Waals surface area contributed by atoms with E-state index in [0.29, 0.717) is 0 Å². The molecule has 0 radical (unpaired) electrons. The van der Waals surface area contributed by atoms with Gasteiger partial charge >= 0.3 is 6.18 Å². The standard InChI is InChI=1S/C23H17F4N5O3S/c24-16-7-1-2-8-17(16)29-20(33)13-36-22-31-30-19(12-28-21(34)18-9-4-10-35-18)32(22)15-6-3-5-14(11-15)23(25,26)27/h1-11H,12-13H2,(H,28,34)(H,29,33). The molecule has 8 nitrogen and oxygen atoms in total. The van der Waals surface area contributed by atoms with Gasteiger partial charge in [-0.25, -0.2) is 4.39 Å². The summed E-state index contributed by atoms with van der Waals surface area (Å²) >= 11 is 0.884. The number of aromatic nitrogens is 3. The summed E-state index contributed by atoms with van der Waals surface area (Å²) in [5.74, 6) is -1.80. The van der Waals surface area contributed by atoms with Gasteiger partial charge in [-0.1, -0.05) is 30.0 Å². The zero-order valence-electron chi connectivity index (χ0n) is 18.3. The number of hydrogen-bond acceptors (Lipinski definition) is 6. The Labute approximate surface area is 205 Å². The van der Waals surface area contributed by atoms with Crippen LogP contribution in [-0.4, -0.2) is 32.3 Å². The molecule has 0 aliphatic carbocycles. The number of carbonyl (C=O) groups is 2. The highest BCUT2D eigenvalue weighted by atomic mass is 32.2. The van der Waals surface area contributed by atoms with E-state index in [1.807, 2.05) is 0 Å². The molecule has 0 saturated carbocycles. The summed E-state index contributed by atoms with van der Waals surface area (Å²) in [5.41, 5.74) is -0.828. The van der Waals surface area contributed by atoms with Gasteiger partial charge in [0.1, 0.15) is 5.82 Å². The zero-order chi connectivity index (χ0) is 25.7. The first-order valence-electron chi connectivity index (χ1n) is 10.3. The fourth-order valence-electron chi connectivity index (χ4n) is 3.12. The molecular weight excluding hydrogens is 502 g/mol. The Kier molecular flexibility index (Phi) is 7.38. The van der Waals surface area contributed by atoms with Crippen molar-refractivity contribution < 1.29 is 31.6 Å². The third-order valence-electron chi connectivity index (χ3n) is 4.76. The van der Waals surface area contributed by atoms with E-state index in [4.69, 9.17) is 4.42 Å². The number of para-hydroxylation sites is 1. The largest absolute Gasteiger partial charge is 0.459 e. The van der Waals surface area contributed by atoms with Crippen LogP contribution in [0.25, 0.3) is 5.69 Å². The number of alkyl halides is 3. The number of nitrogens with zero attached hydrogens (tertiary/aromatic N) is 3. The van der Waals surface area contributed by atoms with E-state index in [0.717, 1.165) is 23.9 Å².